The Hall–Kier alpha value is -1.00. The normalized spacial score (nSPS) is 11.0. The number of phenolic OH excluding ortho intramolecular Hbond substituents is 2. The number of rotatable bonds is 3. The van der Waals surface area contributed by atoms with Gasteiger partial charge in [-0.25, -0.2) is 0 Å². The minimum absolute atomic E-state index is 0.355. The fourth-order valence-electron chi connectivity index (χ4n) is 2.70. The number of aromatic hydroxyl groups is 2. The van der Waals surface area contributed by atoms with Crippen molar-refractivity contribution in [3.05, 3.63) is 54.5 Å². The summed E-state index contributed by atoms with van der Waals surface area (Å²) in [5.74, 6) is 0.709. The minimum Gasteiger partial charge on any atom is -0.507 e. The van der Waals surface area contributed by atoms with Crippen molar-refractivity contribution in [1.82, 2.24) is 0 Å². The third kappa shape index (κ3) is 3.18. The van der Waals surface area contributed by atoms with Crippen LogP contribution in [0.15, 0.2) is 21.1 Å². The van der Waals surface area contributed by atoms with Gasteiger partial charge in [-0.05, 0) is 62.8 Å². The highest BCUT2D eigenvalue weighted by molar-refractivity contribution is 9.10. The van der Waals surface area contributed by atoms with Gasteiger partial charge in [0.2, 0.25) is 0 Å². The molecule has 0 atom stereocenters. The SMILES string of the molecule is Cc1cc(CCc2cc(C)c(O)c(C)c2Br)c(Br)c(C)c1O. The molecule has 22 heavy (non-hydrogen) atoms. The van der Waals surface area contributed by atoms with Crippen LogP contribution in [0.1, 0.15) is 33.4 Å². The molecule has 2 rings (SSSR count). The highest BCUT2D eigenvalue weighted by Gasteiger charge is 2.13. The van der Waals surface area contributed by atoms with Crippen molar-refractivity contribution in [1.29, 1.82) is 0 Å². The third-order valence-electron chi connectivity index (χ3n) is 4.12. The summed E-state index contributed by atoms with van der Waals surface area (Å²) in [6.07, 6.45) is 1.73. The Bertz CT molecular complexity index is 673. The van der Waals surface area contributed by atoms with E-state index in [0.29, 0.717) is 11.5 Å². The van der Waals surface area contributed by atoms with E-state index >= 15 is 0 Å². The third-order valence-corrected chi connectivity index (χ3v) is 6.33. The predicted molar refractivity (Wildman–Crippen MR) is 98.0 cm³/mol. The predicted octanol–water partition coefficient (Wildman–Crippen LogP) is 5.64. The van der Waals surface area contributed by atoms with Crippen LogP contribution in [0.25, 0.3) is 0 Å². The molecule has 0 fully saturated rings. The smallest absolute Gasteiger partial charge is 0.122 e. The van der Waals surface area contributed by atoms with Crippen LogP contribution in [0.4, 0.5) is 0 Å². The molecule has 0 saturated carbocycles. The highest BCUT2D eigenvalue weighted by atomic mass is 79.9. The molecule has 0 aliphatic carbocycles. The van der Waals surface area contributed by atoms with Crippen LogP contribution in [-0.4, -0.2) is 10.2 Å². The summed E-state index contributed by atoms with van der Waals surface area (Å²) in [7, 11) is 0. The Morgan fingerprint density at radius 1 is 0.727 bits per heavy atom. The number of halogens is 2. The van der Waals surface area contributed by atoms with Crippen LogP contribution in [0, 0.1) is 27.7 Å². The molecule has 2 nitrogen and oxygen atoms in total. The molecular formula is C18H20Br2O2. The molecule has 0 saturated heterocycles. The average molecular weight is 428 g/mol. The second-order valence-electron chi connectivity index (χ2n) is 5.78. The van der Waals surface area contributed by atoms with Crippen molar-refractivity contribution >= 4 is 31.9 Å². The topological polar surface area (TPSA) is 40.5 Å². The maximum Gasteiger partial charge on any atom is 0.122 e. The molecule has 2 aromatic carbocycles. The van der Waals surface area contributed by atoms with E-state index in [1.165, 1.54) is 11.1 Å². The van der Waals surface area contributed by atoms with E-state index < -0.39 is 0 Å². The summed E-state index contributed by atoms with van der Waals surface area (Å²) in [5.41, 5.74) is 5.92. The van der Waals surface area contributed by atoms with Crippen molar-refractivity contribution in [2.24, 2.45) is 0 Å². The van der Waals surface area contributed by atoms with Crippen LogP contribution in [0.2, 0.25) is 0 Å². The Balaban J connectivity index is 2.32. The lowest BCUT2D eigenvalue weighted by Crippen LogP contribution is -1.98. The maximum atomic E-state index is 9.98. The van der Waals surface area contributed by atoms with Crippen LogP contribution < -0.4 is 0 Å². The van der Waals surface area contributed by atoms with E-state index in [1.54, 1.807) is 0 Å². The number of aryl methyl sites for hydroxylation is 4. The van der Waals surface area contributed by atoms with Gasteiger partial charge in [-0.1, -0.05) is 44.0 Å². The van der Waals surface area contributed by atoms with Crippen molar-refractivity contribution in [3.8, 4) is 11.5 Å². The van der Waals surface area contributed by atoms with Crippen LogP contribution in [0.3, 0.4) is 0 Å². The molecule has 0 unspecified atom stereocenters. The van der Waals surface area contributed by atoms with Crippen LogP contribution in [0.5, 0.6) is 11.5 Å². The first-order valence-corrected chi connectivity index (χ1v) is 8.77. The molecule has 0 radical (unpaired) electrons. The van der Waals surface area contributed by atoms with Gasteiger partial charge in [0.15, 0.2) is 0 Å². The molecule has 2 aromatic rings. The second-order valence-corrected chi connectivity index (χ2v) is 7.37. The first-order chi connectivity index (χ1) is 10.2. The van der Waals surface area contributed by atoms with Gasteiger partial charge in [0.1, 0.15) is 11.5 Å². The lowest BCUT2D eigenvalue weighted by atomic mass is 9.97. The van der Waals surface area contributed by atoms with Gasteiger partial charge in [-0.3, -0.25) is 0 Å². The minimum atomic E-state index is 0.355. The van der Waals surface area contributed by atoms with Gasteiger partial charge in [-0.15, -0.1) is 0 Å². The van der Waals surface area contributed by atoms with Gasteiger partial charge >= 0.3 is 0 Å². The van der Waals surface area contributed by atoms with Crippen molar-refractivity contribution < 1.29 is 10.2 Å². The number of phenols is 2. The lowest BCUT2D eigenvalue weighted by Gasteiger charge is -2.14. The van der Waals surface area contributed by atoms with E-state index in [4.69, 9.17) is 0 Å². The Morgan fingerprint density at radius 3 is 1.36 bits per heavy atom. The summed E-state index contributed by atoms with van der Waals surface area (Å²) >= 11 is 7.17. The average Bonchev–Trinajstić information content (AvgIpc) is 2.49. The molecule has 0 aliphatic heterocycles. The molecule has 0 aliphatic rings. The second kappa shape index (κ2) is 6.63. The van der Waals surface area contributed by atoms with Crippen LogP contribution in [-0.2, 0) is 12.8 Å². The standard InChI is InChI=1S/C18H20Br2O2/c1-9-7-13(15(19)11(3)17(9)21)5-6-14-8-10(2)18(22)12(4)16(14)20/h7-8,21-22H,5-6H2,1-4H3. The zero-order valence-electron chi connectivity index (χ0n) is 13.2. The van der Waals surface area contributed by atoms with E-state index in [1.807, 2.05) is 39.8 Å². The van der Waals surface area contributed by atoms with Gasteiger partial charge in [-0.2, -0.15) is 0 Å². The Kier molecular flexibility index (Phi) is 5.23. The van der Waals surface area contributed by atoms with Crippen LogP contribution >= 0.6 is 31.9 Å². The van der Waals surface area contributed by atoms with Crippen molar-refractivity contribution in [3.63, 3.8) is 0 Å². The Morgan fingerprint density at radius 2 is 1.05 bits per heavy atom. The molecule has 2 N–H and O–H groups in total. The summed E-state index contributed by atoms with van der Waals surface area (Å²) in [5, 5.41) is 20.0. The first kappa shape index (κ1) is 17.4. The Labute approximate surface area is 148 Å². The molecular weight excluding hydrogens is 408 g/mol. The zero-order valence-corrected chi connectivity index (χ0v) is 16.4. The quantitative estimate of drug-likeness (QED) is 0.665. The maximum absolute atomic E-state index is 9.98. The van der Waals surface area contributed by atoms with Crippen molar-refractivity contribution in [2.75, 3.05) is 0 Å². The fraction of sp³-hybridized carbons (Fsp3) is 0.333. The van der Waals surface area contributed by atoms with Gasteiger partial charge < -0.3 is 10.2 Å². The van der Waals surface area contributed by atoms with E-state index in [2.05, 4.69) is 31.9 Å². The molecule has 4 heteroatoms. The summed E-state index contributed by atoms with van der Waals surface area (Å²) in [4.78, 5) is 0. The molecule has 0 amide bonds. The molecule has 118 valence electrons. The summed E-state index contributed by atoms with van der Waals surface area (Å²) in [6, 6.07) is 4.06. The van der Waals surface area contributed by atoms with E-state index in [9.17, 15) is 10.2 Å². The molecule has 0 heterocycles. The lowest BCUT2D eigenvalue weighted by molar-refractivity contribution is 0.465. The van der Waals surface area contributed by atoms with Gasteiger partial charge in [0.25, 0.3) is 0 Å². The zero-order chi connectivity index (χ0) is 16.6. The number of hydrogen-bond donors (Lipinski definition) is 2. The van der Waals surface area contributed by atoms with Gasteiger partial charge in [0.05, 0.1) is 0 Å². The first-order valence-electron chi connectivity index (χ1n) is 7.19. The summed E-state index contributed by atoms with van der Waals surface area (Å²) < 4.78 is 1.94. The van der Waals surface area contributed by atoms with E-state index in [-0.39, 0.29) is 0 Å². The number of benzene rings is 2. The molecule has 0 aromatic heterocycles. The van der Waals surface area contributed by atoms with E-state index in [0.717, 1.165) is 44.0 Å². The fourth-order valence-corrected chi connectivity index (χ4v) is 3.70. The molecule has 0 spiro atoms. The van der Waals surface area contributed by atoms with Crippen molar-refractivity contribution in [2.45, 2.75) is 40.5 Å². The van der Waals surface area contributed by atoms with Gasteiger partial charge in [0, 0.05) is 20.1 Å². The highest BCUT2D eigenvalue weighted by Crippen LogP contribution is 2.35. The number of hydrogen-bond acceptors (Lipinski definition) is 2. The summed E-state index contributed by atoms with van der Waals surface area (Å²) in [6.45, 7) is 7.67. The monoisotopic (exact) mass is 426 g/mol. The molecule has 0 bridgehead atoms. The largest absolute Gasteiger partial charge is 0.507 e.